The second kappa shape index (κ2) is 10.0. The molecule has 0 aliphatic heterocycles. The van der Waals surface area contributed by atoms with Crippen molar-refractivity contribution in [3.8, 4) is 11.4 Å². The number of hydrogen-bond acceptors (Lipinski definition) is 6. The van der Waals surface area contributed by atoms with Gasteiger partial charge in [-0.15, -0.1) is 0 Å². The van der Waals surface area contributed by atoms with Crippen molar-refractivity contribution in [2.24, 2.45) is 0 Å². The van der Waals surface area contributed by atoms with Crippen LogP contribution in [0.1, 0.15) is 18.9 Å². The number of halogens is 6. The van der Waals surface area contributed by atoms with Gasteiger partial charge >= 0.3 is 6.18 Å². The Morgan fingerprint density at radius 2 is 1.81 bits per heavy atom. The smallest absolute Gasteiger partial charge is 0.381 e. The maximum Gasteiger partial charge on any atom is 0.423 e. The summed E-state index contributed by atoms with van der Waals surface area (Å²) in [7, 11) is 0. The highest BCUT2D eigenvalue weighted by atomic mass is 19.4. The maximum atomic E-state index is 14.8. The third kappa shape index (κ3) is 5.62. The van der Waals surface area contributed by atoms with E-state index in [2.05, 4.69) is 20.4 Å². The first-order valence-corrected chi connectivity index (χ1v) is 10.8. The lowest BCUT2D eigenvalue weighted by molar-refractivity contribution is -0.138. The summed E-state index contributed by atoms with van der Waals surface area (Å²) in [5, 5.41) is 7.75. The number of benzene rings is 1. The molecule has 194 valence electrons. The Morgan fingerprint density at radius 3 is 2.49 bits per heavy atom. The van der Waals surface area contributed by atoms with Crippen molar-refractivity contribution in [3.05, 3.63) is 80.9 Å². The predicted octanol–water partition coefficient (Wildman–Crippen LogP) is 4.07. The molecule has 0 saturated carbocycles. The van der Waals surface area contributed by atoms with Crippen LogP contribution in [0.25, 0.3) is 22.2 Å². The van der Waals surface area contributed by atoms with Gasteiger partial charge in [0.05, 0.1) is 41.8 Å². The monoisotopic (exact) mass is 524 g/mol. The first-order chi connectivity index (χ1) is 17.4. The number of hydrogen-bond donors (Lipinski definition) is 2. The third-order valence-electron chi connectivity index (χ3n) is 5.47. The van der Waals surface area contributed by atoms with E-state index in [4.69, 9.17) is 0 Å². The van der Waals surface area contributed by atoms with Gasteiger partial charge in [-0.1, -0.05) is 0 Å². The first-order valence-electron chi connectivity index (χ1n) is 10.8. The normalized spacial score (nSPS) is 13.5. The standard InChI is InChI=1S/C23H18F6N6O2/c1-11(33-18-9-32-34-21(36)19(18)23(27,28)29)4-13(24)10-35-3-2-12-5-16(17(26)6-15(12)22(35)37)20-30-7-14(25)8-31-20/h2-3,5-9,11,13H,4,10H2,1H3,(H2,33,34,36)/t11-,13-/m0/s1. The number of fused-ring (bicyclic) bond motifs is 1. The van der Waals surface area contributed by atoms with Crippen LogP contribution in [0, 0.1) is 11.6 Å². The van der Waals surface area contributed by atoms with E-state index in [0.717, 1.165) is 29.2 Å². The van der Waals surface area contributed by atoms with Crippen molar-refractivity contribution in [2.45, 2.75) is 38.3 Å². The van der Waals surface area contributed by atoms with Gasteiger partial charge in [0.1, 0.15) is 17.6 Å². The zero-order chi connectivity index (χ0) is 26.9. The van der Waals surface area contributed by atoms with E-state index in [1.54, 1.807) is 5.10 Å². The summed E-state index contributed by atoms with van der Waals surface area (Å²) < 4.78 is 83.2. The van der Waals surface area contributed by atoms with Crippen LogP contribution >= 0.6 is 0 Å². The van der Waals surface area contributed by atoms with E-state index in [0.29, 0.717) is 5.39 Å². The fourth-order valence-corrected chi connectivity index (χ4v) is 3.86. The van der Waals surface area contributed by atoms with E-state index in [-0.39, 0.29) is 23.2 Å². The van der Waals surface area contributed by atoms with Crippen LogP contribution in [0.2, 0.25) is 0 Å². The molecule has 3 aromatic heterocycles. The SMILES string of the molecule is C[C@@H](C[C@H](F)Cn1ccc2cc(-c3ncc(F)cn3)c(F)cc2c1=O)Nc1cn[nH]c(=O)c1C(F)(F)F. The summed E-state index contributed by atoms with van der Waals surface area (Å²) >= 11 is 0. The lowest BCUT2D eigenvalue weighted by Gasteiger charge is -2.20. The Bertz CT molecular complexity index is 1550. The van der Waals surface area contributed by atoms with Crippen molar-refractivity contribution >= 4 is 16.5 Å². The number of anilines is 1. The minimum absolute atomic E-state index is 0.0476. The minimum atomic E-state index is -4.95. The molecule has 2 N–H and O–H groups in total. The first kappa shape index (κ1) is 25.9. The van der Waals surface area contributed by atoms with Crippen LogP contribution in [-0.4, -0.2) is 36.9 Å². The quantitative estimate of drug-likeness (QED) is 0.353. The molecule has 0 aliphatic carbocycles. The highest BCUT2D eigenvalue weighted by Crippen LogP contribution is 2.32. The summed E-state index contributed by atoms with van der Waals surface area (Å²) in [6, 6.07) is 2.85. The average molecular weight is 524 g/mol. The summed E-state index contributed by atoms with van der Waals surface area (Å²) in [4.78, 5) is 31.9. The summed E-state index contributed by atoms with van der Waals surface area (Å²) in [5.74, 6) is -1.62. The van der Waals surface area contributed by atoms with Gasteiger partial charge in [0.15, 0.2) is 11.6 Å². The van der Waals surface area contributed by atoms with Crippen LogP contribution in [-0.2, 0) is 12.7 Å². The number of H-pyrrole nitrogens is 1. The Morgan fingerprint density at radius 1 is 1.11 bits per heavy atom. The Labute approximate surface area is 204 Å². The molecule has 0 unspecified atom stereocenters. The zero-order valence-corrected chi connectivity index (χ0v) is 19.0. The number of nitrogens with zero attached hydrogens (tertiary/aromatic N) is 4. The molecule has 0 fully saturated rings. The molecule has 0 saturated heterocycles. The fourth-order valence-electron chi connectivity index (χ4n) is 3.86. The lowest BCUT2D eigenvalue weighted by Crippen LogP contribution is -2.30. The van der Waals surface area contributed by atoms with Crippen molar-refractivity contribution < 1.29 is 26.3 Å². The van der Waals surface area contributed by atoms with Gasteiger partial charge in [0, 0.05) is 18.7 Å². The molecule has 0 spiro atoms. The molecule has 37 heavy (non-hydrogen) atoms. The van der Waals surface area contributed by atoms with E-state index in [1.165, 1.54) is 25.3 Å². The molecule has 8 nitrogen and oxygen atoms in total. The molecule has 4 rings (SSSR count). The van der Waals surface area contributed by atoms with Crippen molar-refractivity contribution in [1.82, 2.24) is 24.7 Å². The number of rotatable bonds is 7. The van der Waals surface area contributed by atoms with Crippen molar-refractivity contribution in [1.29, 1.82) is 0 Å². The maximum absolute atomic E-state index is 14.8. The van der Waals surface area contributed by atoms with Gasteiger partial charge in [0.2, 0.25) is 0 Å². The molecule has 2 atom stereocenters. The lowest BCUT2D eigenvalue weighted by atomic mass is 10.1. The summed E-state index contributed by atoms with van der Waals surface area (Å²) in [6.45, 7) is 0.955. The second-order valence-corrected chi connectivity index (χ2v) is 8.28. The highest BCUT2D eigenvalue weighted by molar-refractivity contribution is 5.85. The van der Waals surface area contributed by atoms with Gasteiger partial charge in [-0.05, 0) is 30.5 Å². The molecular weight excluding hydrogens is 506 g/mol. The number of alkyl halides is 4. The van der Waals surface area contributed by atoms with Crippen molar-refractivity contribution in [3.63, 3.8) is 0 Å². The molecule has 0 bridgehead atoms. The number of nitrogens with one attached hydrogen (secondary N) is 2. The minimum Gasteiger partial charge on any atom is -0.381 e. The van der Waals surface area contributed by atoms with Crippen molar-refractivity contribution in [2.75, 3.05) is 5.32 Å². The number of pyridine rings is 1. The van der Waals surface area contributed by atoms with Gasteiger partial charge in [-0.25, -0.2) is 28.2 Å². The topological polar surface area (TPSA) is 106 Å². The molecule has 4 aromatic rings. The molecule has 1 aromatic carbocycles. The van der Waals surface area contributed by atoms with Gasteiger partial charge in [0.25, 0.3) is 11.1 Å². The van der Waals surface area contributed by atoms with Gasteiger partial charge in [-0.2, -0.15) is 18.3 Å². The summed E-state index contributed by atoms with van der Waals surface area (Å²) in [5.41, 5.74) is -4.27. The second-order valence-electron chi connectivity index (χ2n) is 8.28. The highest BCUT2D eigenvalue weighted by Gasteiger charge is 2.37. The van der Waals surface area contributed by atoms with E-state index in [9.17, 15) is 35.9 Å². The van der Waals surface area contributed by atoms with E-state index < -0.39 is 58.9 Å². The molecule has 3 heterocycles. The summed E-state index contributed by atoms with van der Waals surface area (Å²) in [6.07, 6.45) is -3.13. The van der Waals surface area contributed by atoms with E-state index >= 15 is 0 Å². The molecule has 0 radical (unpaired) electrons. The number of aromatic amines is 1. The Balaban J connectivity index is 1.51. The van der Waals surface area contributed by atoms with Crippen LogP contribution in [0.5, 0.6) is 0 Å². The van der Waals surface area contributed by atoms with Gasteiger partial charge < -0.3 is 9.88 Å². The van der Waals surface area contributed by atoms with Crippen LogP contribution in [0.4, 0.5) is 32.0 Å². The van der Waals surface area contributed by atoms with Crippen LogP contribution in [0.15, 0.2) is 52.6 Å². The third-order valence-corrected chi connectivity index (χ3v) is 5.47. The zero-order valence-electron chi connectivity index (χ0n) is 19.0. The predicted molar refractivity (Wildman–Crippen MR) is 122 cm³/mol. The molecule has 14 heteroatoms. The molecule has 0 aliphatic rings. The van der Waals surface area contributed by atoms with Gasteiger partial charge in [-0.3, -0.25) is 9.59 Å². The van der Waals surface area contributed by atoms with Crippen LogP contribution in [0.3, 0.4) is 0 Å². The van der Waals surface area contributed by atoms with E-state index in [1.807, 2.05) is 0 Å². The average Bonchev–Trinajstić information content (AvgIpc) is 2.80. The molecular formula is C23H18F6N6O2. The Hall–Kier alpha value is -4.23. The van der Waals surface area contributed by atoms with Crippen LogP contribution < -0.4 is 16.4 Å². The Kier molecular flexibility index (Phi) is 7.01. The number of aromatic nitrogens is 5. The molecule has 0 amide bonds. The largest absolute Gasteiger partial charge is 0.423 e. The fraction of sp³-hybridized carbons (Fsp3) is 0.261.